The molecule has 4 unspecified atom stereocenters. The maximum absolute atomic E-state index is 9.20. The lowest BCUT2D eigenvalue weighted by atomic mass is 9.99. The fourth-order valence-electron chi connectivity index (χ4n) is 1.13. The summed E-state index contributed by atoms with van der Waals surface area (Å²) in [4.78, 5) is 0. The molecule has 0 aliphatic carbocycles. The standard InChI is InChI=1S/C6H13NO5/c7-1-2-3(8)4(9)5(10)6(11)12-2/h2-6,8-11H,1,7H2/t2?,3?,4-,5?,6?/m0/s1. The molecule has 1 saturated heterocycles. The molecular weight excluding hydrogens is 166 g/mol. The van der Waals surface area contributed by atoms with Crippen LogP contribution in [0.4, 0.5) is 0 Å². The number of hydrogen-bond acceptors (Lipinski definition) is 6. The summed E-state index contributed by atoms with van der Waals surface area (Å²) < 4.78 is 4.70. The molecule has 6 N–H and O–H groups in total. The van der Waals surface area contributed by atoms with Gasteiger partial charge in [0.25, 0.3) is 0 Å². The zero-order valence-corrected chi connectivity index (χ0v) is 6.37. The molecule has 0 aromatic rings. The van der Waals surface area contributed by atoms with Crippen molar-refractivity contribution in [2.75, 3.05) is 6.54 Å². The van der Waals surface area contributed by atoms with Gasteiger partial charge in [-0.05, 0) is 0 Å². The molecule has 1 rings (SSSR count). The first-order valence-corrected chi connectivity index (χ1v) is 3.65. The van der Waals surface area contributed by atoms with Crippen molar-refractivity contribution in [1.29, 1.82) is 0 Å². The first kappa shape index (κ1) is 9.85. The minimum absolute atomic E-state index is 0.0258. The number of aliphatic hydroxyl groups excluding tert-OH is 4. The van der Waals surface area contributed by atoms with Crippen LogP contribution in [0.5, 0.6) is 0 Å². The van der Waals surface area contributed by atoms with Crippen molar-refractivity contribution in [3.05, 3.63) is 0 Å². The monoisotopic (exact) mass is 179 g/mol. The predicted octanol–water partition coefficient (Wildman–Crippen LogP) is -3.25. The van der Waals surface area contributed by atoms with E-state index in [0.717, 1.165) is 0 Å². The predicted molar refractivity (Wildman–Crippen MR) is 38.0 cm³/mol. The molecule has 6 nitrogen and oxygen atoms in total. The Morgan fingerprint density at radius 2 is 1.58 bits per heavy atom. The summed E-state index contributed by atoms with van der Waals surface area (Å²) in [7, 11) is 0. The molecule has 1 aliphatic rings. The van der Waals surface area contributed by atoms with Gasteiger partial charge in [0.05, 0.1) is 0 Å². The van der Waals surface area contributed by atoms with Gasteiger partial charge >= 0.3 is 0 Å². The second-order valence-electron chi connectivity index (χ2n) is 2.77. The molecule has 0 saturated carbocycles. The van der Waals surface area contributed by atoms with Crippen molar-refractivity contribution in [1.82, 2.24) is 0 Å². The maximum atomic E-state index is 9.20. The van der Waals surface area contributed by atoms with E-state index in [2.05, 4.69) is 0 Å². The Morgan fingerprint density at radius 3 is 2.08 bits per heavy atom. The molecule has 72 valence electrons. The van der Waals surface area contributed by atoms with Crippen LogP contribution in [0.3, 0.4) is 0 Å². The SMILES string of the molecule is NCC1OC(O)C(O)[C@@H](O)C1O. The summed E-state index contributed by atoms with van der Waals surface area (Å²) in [5.41, 5.74) is 5.17. The Labute approximate surface area is 69.2 Å². The average Bonchev–Trinajstić information content (AvgIpc) is 2.08. The fourth-order valence-corrected chi connectivity index (χ4v) is 1.13. The highest BCUT2D eigenvalue weighted by Crippen LogP contribution is 2.18. The van der Waals surface area contributed by atoms with Crippen LogP contribution in [0.1, 0.15) is 0 Å². The topological polar surface area (TPSA) is 116 Å². The zero-order valence-electron chi connectivity index (χ0n) is 6.37. The zero-order chi connectivity index (χ0) is 9.30. The smallest absolute Gasteiger partial charge is 0.184 e. The Balaban J connectivity index is 2.63. The van der Waals surface area contributed by atoms with Crippen LogP contribution in [0.25, 0.3) is 0 Å². The van der Waals surface area contributed by atoms with Crippen molar-refractivity contribution >= 4 is 0 Å². The van der Waals surface area contributed by atoms with Crippen molar-refractivity contribution < 1.29 is 25.2 Å². The van der Waals surface area contributed by atoms with E-state index in [-0.39, 0.29) is 6.54 Å². The van der Waals surface area contributed by atoms with Crippen molar-refractivity contribution in [2.24, 2.45) is 5.73 Å². The van der Waals surface area contributed by atoms with Crippen LogP contribution in [-0.4, -0.2) is 57.7 Å². The molecule has 0 aromatic carbocycles. The number of hydrogen-bond donors (Lipinski definition) is 5. The van der Waals surface area contributed by atoms with Gasteiger partial charge in [-0.25, -0.2) is 0 Å². The fraction of sp³-hybridized carbons (Fsp3) is 1.00. The van der Waals surface area contributed by atoms with Gasteiger partial charge in [0.2, 0.25) is 0 Å². The normalized spacial score (nSPS) is 49.2. The van der Waals surface area contributed by atoms with E-state index >= 15 is 0 Å². The molecule has 5 atom stereocenters. The molecule has 0 radical (unpaired) electrons. The Hall–Kier alpha value is -0.240. The van der Waals surface area contributed by atoms with Crippen LogP contribution in [0.2, 0.25) is 0 Å². The summed E-state index contributed by atoms with van der Waals surface area (Å²) in [6.45, 7) is -0.0258. The maximum Gasteiger partial charge on any atom is 0.184 e. The molecule has 6 heteroatoms. The van der Waals surface area contributed by atoms with Gasteiger partial charge in [0, 0.05) is 6.54 Å². The minimum Gasteiger partial charge on any atom is -0.388 e. The van der Waals surface area contributed by atoms with E-state index in [0.29, 0.717) is 0 Å². The van der Waals surface area contributed by atoms with Gasteiger partial charge in [-0.3, -0.25) is 0 Å². The second kappa shape index (κ2) is 3.65. The minimum atomic E-state index is -1.49. The number of aliphatic hydroxyl groups is 4. The molecule has 0 bridgehead atoms. The molecule has 12 heavy (non-hydrogen) atoms. The summed E-state index contributed by atoms with van der Waals surface area (Å²) in [5.74, 6) is 0. The molecule has 1 aliphatic heterocycles. The van der Waals surface area contributed by atoms with E-state index < -0.39 is 30.7 Å². The highest BCUT2D eigenvalue weighted by molar-refractivity contribution is 4.88. The number of nitrogens with two attached hydrogens (primary N) is 1. The van der Waals surface area contributed by atoms with E-state index in [1.165, 1.54) is 0 Å². The van der Waals surface area contributed by atoms with Gasteiger partial charge in [-0.2, -0.15) is 0 Å². The van der Waals surface area contributed by atoms with Gasteiger partial charge in [0.15, 0.2) is 6.29 Å². The van der Waals surface area contributed by atoms with Gasteiger partial charge in [-0.1, -0.05) is 0 Å². The van der Waals surface area contributed by atoms with Gasteiger partial charge < -0.3 is 30.9 Å². The van der Waals surface area contributed by atoms with Crippen molar-refractivity contribution in [3.63, 3.8) is 0 Å². The molecular formula is C6H13NO5. The van der Waals surface area contributed by atoms with Crippen molar-refractivity contribution in [3.8, 4) is 0 Å². The van der Waals surface area contributed by atoms with Crippen LogP contribution >= 0.6 is 0 Å². The Morgan fingerprint density at radius 1 is 1.00 bits per heavy atom. The van der Waals surface area contributed by atoms with E-state index in [9.17, 15) is 5.11 Å². The third-order valence-corrected chi connectivity index (χ3v) is 1.92. The molecule has 0 spiro atoms. The van der Waals surface area contributed by atoms with Crippen LogP contribution in [-0.2, 0) is 4.74 Å². The summed E-state index contributed by atoms with van der Waals surface area (Å²) >= 11 is 0. The van der Waals surface area contributed by atoms with Crippen LogP contribution < -0.4 is 5.73 Å². The molecule has 1 heterocycles. The summed E-state index contributed by atoms with van der Waals surface area (Å²) in [6, 6.07) is 0. The van der Waals surface area contributed by atoms with E-state index in [1.807, 2.05) is 0 Å². The lowest BCUT2D eigenvalue weighted by molar-refractivity contribution is -0.279. The first-order chi connectivity index (χ1) is 5.57. The van der Waals surface area contributed by atoms with Crippen LogP contribution in [0, 0.1) is 0 Å². The lowest BCUT2D eigenvalue weighted by Crippen LogP contribution is -2.59. The number of rotatable bonds is 1. The second-order valence-corrected chi connectivity index (χ2v) is 2.77. The molecule has 1 fully saturated rings. The van der Waals surface area contributed by atoms with Gasteiger partial charge in [0.1, 0.15) is 24.4 Å². The summed E-state index contributed by atoms with van der Waals surface area (Å²) in [6.07, 6.45) is -6.48. The highest BCUT2D eigenvalue weighted by Gasteiger charge is 2.42. The third kappa shape index (κ3) is 1.58. The van der Waals surface area contributed by atoms with E-state index in [1.54, 1.807) is 0 Å². The van der Waals surface area contributed by atoms with Crippen LogP contribution in [0.15, 0.2) is 0 Å². The third-order valence-electron chi connectivity index (χ3n) is 1.92. The summed E-state index contributed by atoms with van der Waals surface area (Å²) in [5, 5.41) is 36.3. The average molecular weight is 179 g/mol. The largest absolute Gasteiger partial charge is 0.388 e. The lowest BCUT2D eigenvalue weighted by Gasteiger charge is -2.37. The molecule has 0 aromatic heterocycles. The highest BCUT2D eigenvalue weighted by atomic mass is 16.6. The first-order valence-electron chi connectivity index (χ1n) is 3.65. The molecule has 0 amide bonds. The quantitative estimate of drug-likeness (QED) is 0.288. The van der Waals surface area contributed by atoms with E-state index in [4.69, 9.17) is 25.8 Å². The van der Waals surface area contributed by atoms with Crippen molar-refractivity contribution in [2.45, 2.75) is 30.7 Å². The Kier molecular flexibility index (Phi) is 2.99. The Bertz CT molecular complexity index is 150. The van der Waals surface area contributed by atoms with Gasteiger partial charge in [-0.15, -0.1) is 0 Å². The number of ether oxygens (including phenoxy) is 1.